The SMILES string of the molecule is O=CCc1ccc(S(=O)(=O)NC(=O)O)cc1. The number of carboxylic acid groups (broad SMARTS) is 1. The summed E-state index contributed by atoms with van der Waals surface area (Å²) in [5.41, 5.74) is 0.657. The minimum atomic E-state index is -4.03. The molecule has 0 atom stereocenters. The summed E-state index contributed by atoms with van der Waals surface area (Å²) in [7, 11) is -4.03. The van der Waals surface area contributed by atoms with Gasteiger partial charge >= 0.3 is 6.09 Å². The van der Waals surface area contributed by atoms with Crippen molar-refractivity contribution in [2.24, 2.45) is 0 Å². The average Bonchev–Trinajstić information content (AvgIpc) is 2.17. The second-order valence-corrected chi connectivity index (χ2v) is 4.61. The lowest BCUT2D eigenvalue weighted by atomic mass is 10.2. The van der Waals surface area contributed by atoms with Crippen LogP contribution in [0.3, 0.4) is 0 Å². The zero-order valence-corrected chi connectivity index (χ0v) is 8.90. The highest BCUT2D eigenvalue weighted by molar-refractivity contribution is 7.90. The van der Waals surface area contributed by atoms with Crippen LogP contribution in [0.4, 0.5) is 4.79 Å². The summed E-state index contributed by atoms with van der Waals surface area (Å²) < 4.78 is 24.1. The lowest BCUT2D eigenvalue weighted by molar-refractivity contribution is -0.107. The van der Waals surface area contributed by atoms with E-state index in [1.54, 1.807) is 0 Å². The van der Waals surface area contributed by atoms with Gasteiger partial charge in [0, 0.05) is 6.42 Å². The molecule has 0 saturated carbocycles. The van der Waals surface area contributed by atoms with Gasteiger partial charge in [-0.25, -0.2) is 17.9 Å². The first-order valence-corrected chi connectivity index (χ1v) is 5.72. The highest BCUT2D eigenvalue weighted by Crippen LogP contribution is 2.10. The van der Waals surface area contributed by atoms with Crippen LogP contribution in [0, 0.1) is 0 Å². The van der Waals surface area contributed by atoms with Crippen molar-refractivity contribution >= 4 is 22.4 Å². The number of rotatable bonds is 4. The molecule has 1 aromatic carbocycles. The summed E-state index contributed by atoms with van der Waals surface area (Å²) >= 11 is 0. The standard InChI is InChI=1S/C9H9NO5S/c11-6-5-7-1-3-8(4-2-7)16(14,15)10-9(12)13/h1-4,6,10H,5H2,(H,12,13). The molecule has 0 aliphatic carbocycles. The van der Waals surface area contributed by atoms with Gasteiger partial charge in [0.1, 0.15) is 6.29 Å². The van der Waals surface area contributed by atoms with Crippen LogP contribution in [0.2, 0.25) is 0 Å². The first-order valence-electron chi connectivity index (χ1n) is 4.24. The number of hydrogen-bond acceptors (Lipinski definition) is 4. The van der Waals surface area contributed by atoms with Gasteiger partial charge in [-0.2, -0.15) is 0 Å². The Hall–Kier alpha value is -1.89. The smallest absolute Gasteiger partial charge is 0.418 e. The van der Waals surface area contributed by atoms with Crippen molar-refractivity contribution in [3.63, 3.8) is 0 Å². The Bertz CT molecular complexity index is 491. The lowest BCUT2D eigenvalue weighted by Gasteiger charge is -2.03. The molecule has 0 aliphatic rings. The normalized spacial score (nSPS) is 10.8. The third kappa shape index (κ3) is 3.06. The van der Waals surface area contributed by atoms with E-state index in [2.05, 4.69) is 0 Å². The number of benzene rings is 1. The number of amides is 1. The monoisotopic (exact) mass is 243 g/mol. The average molecular weight is 243 g/mol. The van der Waals surface area contributed by atoms with Crippen molar-refractivity contribution in [3.8, 4) is 0 Å². The second kappa shape index (κ2) is 4.75. The van der Waals surface area contributed by atoms with Gasteiger partial charge in [-0.05, 0) is 17.7 Å². The predicted molar refractivity (Wildman–Crippen MR) is 54.6 cm³/mol. The van der Waals surface area contributed by atoms with Crippen molar-refractivity contribution in [1.82, 2.24) is 4.72 Å². The zero-order valence-electron chi connectivity index (χ0n) is 8.08. The molecule has 0 fully saturated rings. The minimum Gasteiger partial charge on any atom is -0.464 e. The minimum absolute atomic E-state index is 0.162. The topological polar surface area (TPSA) is 101 Å². The number of sulfonamides is 1. The maximum absolute atomic E-state index is 11.4. The predicted octanol–water partition coefficient (Wildman–Crippen LogP) is 0.384. The molecule has 1 aromatic rings. The van der Waals surface area contributed by atoms with Crippen molar-refractivity contribution < 1.29 is 23.1 Å². The highest BCUT2D eigenvalue weighted by Gasteiger charge is 2.16. The van der Waals surface area contributed by atoms with Gasteiger partial charge in [0.05, 0.1) is 4.90 Å². The molecule has 0 unspecified atom stereocenters. The van der Waals surface area contributed by atoms with E-state index in [9.17, 15) is 18.0 Å². The van der Waals surface area contributed by atoms with E-state index in [4.69, 9.17) is 5.11 Å². The Morgan fingerprint density at radius 1 is 1.31 bits per heavy atom. The van der Waals surface area contributed by atoms with E-state index in [1.807, 2.05) is 0 Å². The van der Waals surface area contributed by atoms with Crippen LogP contribution in [0.25, 0.3) is 0 Å². The number of carbonyl (C=O) groups excluding carboxylic acids is 1. The van der Waals surface area contributed by atoms with Crippen LogP contribution < -0.4 is 4.72 Å². The summed E-state index contributed by atoms with van der Waals surface area (Å²) in [5, 5.41) is 8.31. The van der Waals surface area contributed by atoms with E-state index >= 15 is 0 Å². The number of nitrogens with one attached hydrogen (secondary N) is 1. The first-order chi connectivity index (χ1) is 7.45. The number of carbonyl (C=O) groups is 2. The van der Waals surface area contributed by atoms with Gasteiger partial charge in [-0.3, -0.25) is 0 Å². The molecular formula is C9H9NO5S. The molecule has 1 amide bonds. The fraction of sp³-hybridized carbons (Fsp3) is 0.111. The van der Waals surface area contributed by atoms with Crippen molar-refractivity contribution in [2.75, 3.05) is 0 Å². The Balaban J connectivity index is 2.97. The fourth-order valence-corrected chi connectivity index (χ4v) is 1.92. The molecular weight excluding hydrogens is 234 g/mol. The Kier molecular flexibility index (Phi) is 3.62. The van der Waals surface area contributed by atoms with Gasteiger partial charge < -0.3 is 9.90 Å². The van der Waals surface area contributed by atoms with Crippen molar-refractivity contribution in [2.45, 2.75) is 11.3 Å². The lowest BCUT2D eigenvalue weighted by Crippen LogP contribution is -2.28. The van der Waals surface area contributed by atoms with Crippen LogP contribution >= 0.6 is 0 Å². The Morgan fingerprint density at radius 3 is 2.31 bits per heavy atom. The second-order valence-electron chi connectivity index (χ2n) is 2.93. The van der Waals surface area contributed by atoms with Crippen molar-refractivity contribution in [1.29, 1.82) is 0 Å². The molecule has 86 valence electrons. The summed E-state index contributed by atoms with van der Waals surface area (Å²) in [5.74, 6) is 0. The van der Waals surface area contributed by atoms with E-state index in [1.165, 1.54) is 29.0 Å². The Morgan fingerprint density at radius 2 is 1.88 bits per heavy atom. The third-order valence-electron chi connectivity index (χ3n) is 1.77. The summed E-state index contributed by atoms with van der Waals surface area (Å²) in [6.07, 6.45) is -0.761. The number of hydrogen-bond donors (Lipinski definition) is 2. The van der Waals surface area contributed by atoms with E-state index in [0.29, 0.717) is 11.8 Å². The maximum atomic E-state index is 11.4. The molecule has 0 aromatic heterocycles. The zero-order chi connectivity index (χ0) is 12.2. The summed E-state index contributed by atoms with van der Waals surface area (Å²) in [4.78, 5) is 20.3. The first kappa shape index (κ1) is 12.2. The molecule has 0 spiro atoms. The van der Waals surface area contributed by atoms with Gasteiger partial charge in [-0.15, -0.1) is 0 Å². The van der Waals surface area contributed by atoms with E-state index in [0.717, 1.165) is 0 Å². The largest absolute Gasteiger partial charge is 0.464 e. The highest BCUT2D eigenvalue weighted by atomic mass is 32.2. The molecule has 0 aliphatic heterocycles. The molecule has 6 nitrogen and oxygen atoms in total. The molecule has 1 rings (SSSR count). The molecule has 0 bridgehead atoms. The van der Waals surface area contributed by atoms with E-state index in [-0.39, 0.29) is 11.3 Å². The van der Waals surface area contributed by atoms with Crippen molar-refractivity contribution in [3.05, 3.63) is 29.8 Å². The van der Waals surface area contributed by atoms with Crippen LogP contribution in [-0.2, 0) is 21.2 Å². The van der Waals surface area contributed by atoms with Gasteiger partial charge in [0.25, 0.3) is 10.0 Å². The van der Waals surface area contributed by atoms with Crippen LogP contribution in [-0.4, -0.2) is 25.9 Å². The quantitative estimate of drug-likeness (QED) is 0.745. The van der Waals surface area contributed by atoms with E-state index < -0.39 is 16.1 Å². The summed E-state index contributed by atoms with van der Waals surface area (Å²) in [6, 6.07) is 5.38. The van der Waals surface area contributed by atoms with Gasteiger partial charge in [0.15, 0.2) is 0 Å². The maximum Gasteiger partial charge on any atom is 0.418 e. The fourth-order valence-electron chi connectivity index (χ4n) is 1.07. The van der Waals surface area contributed by atoms with Crippen LogP contribution in [0.5, 0.6) is 0 Å². The van der Waals surface area contributed by atoms with Crippen LogP contribution in [0.1, 0.15) is 5.56 Å². The van der Waals surface area contributed by atoms with Gasteiger partial charge in [-0.1, -0.05) is 12.1 Å². The molecule has 0 heterocycles. The molecule has 0 radical (unpaired) electrons. The molecule has 0 saturated heterocycles. The third-order valence-corrected chi connectivity index (χ3v) is 3.11. The summed E-state index contributed by atoms with van der Waals surface area (Å²) in [6.45, 7) is 0. The Labute approximate surface area is 92.0 Å². The van der Waals surface area contributed by atoms with Gasteiger partial charge in [0.2, 0.25) is 0 Å². The number of aldehydes is 1. The molecule has 7 heteroatoms. The van der Waals surface area contributed by atoms with Crippen LogP contribution in [0.15, 0.2) is 29.2 Å². The molecule has 2 N–H and O–H groups in total. The molecule has 16 heavy (non-hydrogen) atoms.